The van der Waals surface area contributed by atoms with Crippen molar-refractivity contribution < 1.29 is 15.0 Å². The Morgan fingerprint density at radius 3 is 2.67 bits per heavy atom. The lowest BCUT2D eigenvalue weighted by atomic mass is 9.87. The Balaban J connectivity index is 2.51. The van der Waals surface area contributed by atoms with Gasteiger partial charge < -0.3 is 15.5 Å². The van der Waals surface area contributed by atoms with Crippen LogP contribution in [-0.4, -0.2) is 52.4 Å². The van der Waals surface area contributed by atoms with Crippen LogP contribution in [0.2, 0.25) is 0 Å². The number of nitriles is 1. The molecule has 0 aliphatic carbocycles. The minimum Gasteiger partial charge on any atom is -0.394 e. The van der Waals surface area contributed by atoms with Crippen LogP contribution in [0.3, 0.4) is 0 Å². The molecular weight excluding hydrogens is 270 g/mol. The smallest absolute Gasteiger partial charge is 0.243 e. The molecule has 0 aromatic heterocycles. The Morgan fingerprint density at radius 2 is 2.14 bits per heavy atom. The van der Waals surface area contributed by atoms with E-state index >= 15 is 0 Å². The molecule has 120 valence electrons. The number of rotatable bonds is 6. The predicted octanol–water partition coefficient (Wildman–Crippen LogP) is 0.596. The van der Waals surface area contributed by atoms with Gasteiger partial charge in [-0.1, -0.05) is 20.8 Å². The Bertz CT molecular complexity index is 387. The Morgan fingerprint density at radius 1 is 1.48 bits per heavy atom. The highest BCUT2D eigenvalue weighted by molar-refractivity contribution is 5.82. The summed E-state index contributed by atoms with van der Waals surface area (Å²) in [5, 5.41) is 30.0. The number of nitrogens with zero attached hydrogens (tertiary/aromatic N) is 2. The second-order valence-electron chi connectivity index (χ2n) is 6.94. The first-order valence-corrected chi connectivity index (χ1v) is 7.53. The molecule has 0 saturated carbocycles. The Hall–Kier alpha value is -1.32. The van der Waals surface area contributed by atoms with Crippen LogP contribution in [0, 0.1) is 16.9 Å². The zero-order chi connectivity index (χ0) is 16.0. The third-order valence-electron chi connectivity index (χ3n) is 3.76. The van der Waals surface area contributed by atoms with Crippen LogP contribution in [-0.2, 0) is 4.79 Å². The highest BCUT2D eigenvalue weighted by Crippen LogP contribution is 2.32. The van der Waals surface area contributed by atoms with Gasteiger partial charge in [0.2, 0.25) is 5.91 Å². The SMILES string of the molecule is CC(C)(C)CC1CCC(C(=O)NCC[C@@H](O)CO)N1C#N. The van der Waals surface area contributed by atoms with Gasteiger partial charge in [0.05, 0.1) is 12.7 Å². The van der Waals surface area contributed by atoms with Crippen LogP contribution in [0.5, 0.6) is 0 Å². The van der Waals surface area contributed by atoms with Crippen LogP contribution in [0.25, 0.3) is 0 Å². The van der Waals surface area contributed by atoms with E-state index in [0.29, 0.717) is 19.4 Å². The maximum Gasteiger partial charge on any atom is 0.243 e. The summed E-state index contributed by atoms with van der Waals surface area (Å²) in [6.45, 7) is 6.39. The second-order valence-corrected chi connectivity index (χ2v) is 6.94. The van der Waals surface area contributed by atoms with Crippen molar-refractivity contribution >= 4 is 5.91 Å². The molecule has 6 heteroatoms. The minimum atomic E-state index is -0.811. The molecule has 1 heterocycles. The lowest BCUT2D eigenvalue weighted by Gasteiger charge is -2.29. The molecule has 0 bridgehead atoms. The van der Waals surface area contributed by atoms with Crippen molar-refractivity contribution in [2.75, 3.05) is 13.2 Å². The van der Waals surface area contributed by atoms with E-state index < -0.39 is 12.1 Å². The Labute approximate surface area is 126 Å². The molecule has 1 aliphatic rings. The summed E-state index contributed by atoms with van der Waals surface area (Å²) in [5.74, 6) is -0.168. The van der Waals surface area contributed by atoms with Gasteiger partial charge in [0.1, 0.15) is 6.04 Å². The molecule has 1 fully saturated rings. The second kappa shape index (κ2) is 7.62. The van der Waals surface area contributed by atoms with Crippen LogP contribution >= 0.6 is 0 Å². The topological polar surface area (TPSA) is 96.6 Å². The summed E-state index contributed by atoms with van der Waals surface area (Å²) in [7, 11) is 0. The molecule has 1 rings (SSSR count). The van der Waals surface area contributed by atoms with Crippen molar-refractivity contribution in [3.05, 3.63) is 0 Å². The van der Waals surface area contributed by atoms with E-state index in [2.05, 4.69) is 32.3 Å². The summed E-state index contributed by atoms with van der Waals surface area (Å²) in [6.07, 6.45) is 4.08. The first-order chi connectivity index (χ1) is 9.78. The molecular formula is C15H27N3O3. The van der Waals surface area contributed by atoms with E-state index in [1.54, 1.807) is 4.90 Å². The van der Waals surface area contributed by atoms with E-state index in [-0.39, 0.29) is 24.0 Å². The highest BCUT2D eigenvalue weighted by Gasteiger charge is 2.38. The highest BCUT2D eigenvalue weighted by atomic mass is 16.3. The molecule has 21 heavy (non-hydrogen) atoms. The van der Waals surface area contributed by atoms with Crippen molar-refractivity contribution in [1.82, 2.24) is 10.2 Å². The van der Waals surface area contributed by atoms with E-state index in [9.17, 15) is 15.2 Å². The average molecular weight is 297 g/mol. The van der Waals surface area contributed by atoms with Crippen LogP contribution in [0.1, 0.15) is 46.5 Å². The molecule has 1 amide bonds. The van der Waals surface area contributed by atoms with Crippen LogP contribution in [0.15, 0.2) is 0 Å². The molecule has 6 nitrogen and oxygen atoms in total. The number of aliphatic hydroxyl groups is 2. The van der Waals surface area contributed by atoms with Gasteiger partial charge in [-0.25, -0.2) is 0 Å². The van der Waals surface area contributed by atoms with E-state index in [0.717, 1.165) is 12.8 Å². The molecule has 0 spiro atoms. The molecule has 3 N–H and O–H groups in total. The van der Waals surface area contributed by atoms with E-state index in [1.807, 2.05) is 0 Å². The van der Waals surface area contributed by atoms with Crippen molar-refractivity contribution in [2.24, 2.45) is 5.41 Å². The van der Waals surface area contributed by atoms with Gasteiger partial charge in [0.25, 0.3) is 0 Å². The number of carbonyl (C=O) groups is 1. The largest absolute Gasteiger partial charge is 0.394 e. The molecule has 1 aliphatic heterocycles. The molecule has 0 radical (unpaired) electrons. The normalized spacial score (nSPS) is 23.7. The number of aliphatic hydroxyl groups excluding tert-OH is 2. The zero-order valence-electron chi connectivity index (χ0n) is 13.2. The van der Waals surface area contributed by atoms with Gasteiger partial charge in [-0.15, -0.1) is 0 Å². The van der Waals surface area contributed by atoms with Crippen molar-refractivity contribution in [3.8, 4) is 6.19 Å². The van der Waals surface area contributed by atoms with E-state index in [1.165, 1.54) is 0 Å². The van der Waals surface area contributed by atoms with Crippen molar-refractivity contribution in [3.63, 3.8) is 0 Å². The minimum absolute atomic E-state index is 0.119. The fourth-order valence-electron chi connectivity index (χ4n) is 2.77. The third-order valence-corrected chi connectivity index (χ3v) is 3.76. The molecule has 2 unspecified atom stereocenters. The van der Waals surface area contributed by atoms with Gasteiger partial charge in [0, 0.05) is 12.6 Å². The monoisotopic (exact) mass is 297 g/mol. The lowest BCUT2D eigenvalue weighted by Crippen LogP contribution is -2.45. The van der Waals surface area contributed by atoms with Crippen molar-refractivity contribution in [2.45, 2.75) is 64.6 Å². The summed E-state index contributed by atoms with van der Waals surface area (Å²) in [6, 6.07) is -0.289. The summed E-state index contributed by atoms with van der Waals surface area (Å²) in [4.78, 5) is 13.8. The lowest BCUT2D eigenvalue weighted by molar-refractivity contribution is -0.125. The van der Waals surface area contributed by atoms with Gasteiger partial charge >= 0.3 is 0 Å². The summed E-state index contributed by atoms with van der Waals surface area (Å²) < 4.78 is 0. The summed E-state index contributed by atoms with van der Waals surface area (Å²) >= 11 is 0. The quantitative estimate of drug-likeness (QED) is 0.624. The number of likely N-dealkylation sites (tertiary alicyclic amines) is 1. The fourth-order valence-corrected chi connectivity index (χ4v) is 2.77. The maximum atomic E-state index is 12.1. The number of amides is 1. The van der Waals surface area contributed by atoms with Crippen LogP contribution in [0.4, 0.5) is 0 Å². The summed E-state index contributed by atoms with van der Waals surface area (Å²) in [5.41, 5.74) is 0.121. The maximum absolute atomic E-state index is 12.1. The standard InChI is InChI=1S/C15H27N3O3/c1-15(2,3)8-11-4-5-13(18(11)10-16)14(21)17-7-6-12(20)9-19/h11-13,19-20H,4-9H2,1-3H3,(H,17,21)/t11?,12-,13?/m1/s1. The van der Waals surface area contributed by atoms with Gasteiger partial charge in [-0.05, 0) is 31.1 Å². The molecule has 3 atom stereocenters. The molecule has 1 saturated heterocycles. The number of hydrogen-bond donors (Lipinski definition) is 3. The van der Waals surface area contributed by atoms with Crippen LogP contribution < -0.4 is 5.32 Å². The molecule has 0 aromatic rings. The first kappa shape index (κ1) is 17.7. The molecule has 0 aromatic carbocycles. The average Bonchev–Trinajstić information content (AvgIpc) is 2.78. The van der Waals surface area contributed by atoms with Crippen molar-refractivity contribution in [1.29, 1.82) is 5.26 Å². The zero-order valence-corrected chi connectivity index (χ0v) is 13.2. The third kappa shape index (κ3) is 5.52. The van der Waals surface area contributed by atoms with Gasteiger partial charge in [-0.3, -0.25) is 9.69 Å². The number of hydrogen-bond acceptors (Lipinski definition) is 5. The van der Waals surface area contributed by atoms with Gasteiger partial charge in [0.15, 0.2) is 6.19 Å². The first-order valence-electron chi connectivity index (χ1n) is 7.53. The fraction of sp³-hybridized carbons (Fsp3) is 0.867. The Kier molecular flexibility index (Phi) is 6.43. The number of nitrogens with one attached hydrogen (secondary N) is 1. The predicted molar refractivity (Wildman–Crippen MR) is 79.1 cm³/mol. The van der Waals surface area contributed by atoms with E-state index in [4.69, 9.17) is 5.11 Å². The number of carbonyl (C=O) groups excluding carboxylic acids is 1. The van der Waals surface area contributed by atoms with Gasteiger partial charge in [-0.2, -0.15) is 5.26 Å².